The van der Waals surface area contributed by atoms with E-state index in [1.54, 1.807) is 18.3 Å². The molecule has 16 heavy (non-hydrogen) atoms. The molecule has 0 amide bonds. The van der Waals surface area contributed by atoms with E-state index in [1.165, 1.54) is 0 Å². The molecule has 0 atom stereocenters. The number of carbonyl (C=O) groups is 1. The lowest BCUT2D eigenvalue weighted by Crippen LogP contribution is -1.99. The van der Waals surface area contributed by atoms with Gasteiger partial charge in [0.15, 0.2) is 5.69 Å². The van der Waals surface area contributed by atoms with Crippen LogP contribution in [0.2, 0.25) is 0 Å². The molecule has 0 fully saturated rings. The number of rotatable bonds is 4. The lowest BCUT2D eigenvalue weighted by atomic mass is 10.1. The highest BCUT2D eigenvalue weighted by Crippen LogP contribution is 2.18. The predicted octanol–water partition coefficient (Wildman–Crippen LogP) is 1.15. The fourth-order valence-corrected chi connectivity index (χ4v) is 1.29. The number of aryl methyl sites for hydroxylation is 1. The quantitative estimate of drug-likeness (QED) is 0.829. The summed E-state index contributed by atoms with van der Waals surface area (Å²) >= 11 is 0. The SMILES string of the molecule is O=C(O)CCc1nonc1-c1ccccn1. The summed E-state index contributed by atoms with van der Waals surface area (Å²) in [4.78, 5) is 14.5. The minimum Gasteiger partial charge on any atom is -0.481 e. The Labute approximate surface area is 90.9 Å². The van der Waals surface area contributed by atoms with Crippen LogP contribution < -0.4 is 0 Å². The highest BCUT2D eigenvalue weighted by Gasteiger charge is 2.13. The van der Waals surface area contributed by atoms with E-state index < -0.39 is 5.97 Å². The van der Waals surface area contributed by atoms with Crippen molar-refractivity contribution >= 4 is 5.97 Å². The second kappa shape index (κ2) is 4.52. The van der Waals surface area contributed by atoms with Crippen LogP contribution in [0.3, 0.4) is 0 Å². The summed E-state index contributed by atoms with van der Waals surface area (Å²) in [7, 11) is 0. The normalized spacial score (nSPS) is 10.2. The Morgan fingerprint density at radius 3 is 2.94 bits per heavy atom. The number of hydrogen-bond donors (Lipinski definition) is 1. The number of aliphatic carboxylic acids is 1. The molecule has 0 aromatic carbocycles. The maximum absolute atomic E-state index is 10.4. The molecule has 2 aromatic rings. The third-order valence-corrected chi connectivity index (χ3v) is 2.04. The van der Waals surface area contributed by atoms with Crippen LogP contribution in [0, 0.1) is 0 Å². The monoisotopic (exact) mass is 219 g/mol. The van der Waals surface area contributed by atoms with E-state index in [-0.39, 0.29) is 12.8 Å². The van der Waals surface area contributed by atoms with Crippen molar-refractivity contribution in [1.82, 2.24) is 15.3 Å². The number of nitrogens with zero attached hydrogens (tertiary/aromatic N) is 3. The molecular weight excluding hydrogens is 210 g/mol. The van der Waals surface area contributed by atoms with Crippen molar-refractivity contribution in [1.29, 1.82) is 0 Å². The Hall–Kier alpha value is -2.24. The van der Waals surface area contributed by atoms with Gasteiger partial charge in [-0.25, -0.2) is 4.63 Å². The summed E-state index contributed by atoms with van der Waals surface area (Å²) in [5, 5.41) is 16.0. The van der Waals surface area contributed by atoms with Gasteiger partial charge in [0.1, 0.15) is 5.69 Å². The summed E-state index contributed by atoms with van der Waals surface area (Å²) in [5.74, 6) is -0.880. The molecule has 0 radical (unpaired) electrons. The third-order valence-electron chi connectivity index (χ3n) is 2.04. The number of carboxylic acid groups (broad SMARTS) is 1. The highest BCUT2D eigenvalue weighted by molar-refractivity contribution is 5.67. The number of hydrogen-bond acceptors (Lipinski definition) is 5. The Bertz CT molecular complexity index is 481. The first kappa shape index (κ1) is 10.3. The van der Waals surface area contributed by atoms with Crippen LogP contribution in [0.5, 0.6) is 0 Å². The van der Waals surface area contributed by atoms with Crippen molar-refractivity contribution in [2.24, 2.45) is 0 Å². The van der Waals surface area contributed by atoms with Crippen LogP contribution >= 0.6 is 0 Å². The van der Waals surface area contributed by atoms with E-state index in [4.69, 9.17) is 5.11 Å². The fraction of sp³-hybridized carbons (Fsp3) is 0.200. The molecule has 0 saturated carbocycles. The molecule has 0 aliphatic carbocycles. The Morgan fingerprint density at radius 1 is 1.38 bits per heavy atom. The van der Waals surface area contributed by atoms with E-state index in [1.807, 2.05) is 6.07 Å². The van der Waals surface area contributed by atoms with Crippen molar-refractivity contribution < 1.29 is 14.5 Å². The number of aromatic nitrogens is 3. The van der Waals surface area contributed by atoms with Gasteiger partial charge in [-0.2, -0.15) is 0 Å². The van der Waals surface area contributed by atoms with Gasteiger partial charge in [0, 0.05) is 12.6 Å². The minimum atomic E-state index is -0.880. The van der Waals surface area contributed by atoms with Crippen molar-refractivity contribution in [3.05, 3.63) is 30.1 Å². The van der Waals surface area contributed by atoms with Gasteiger partial charge >= 0.3 is 5.97 Å². The first-order chi connectivity index (χ1) is 7.77. The summed E-state index contributed by atoms with van der Waals surface area (Å²) in [6, 6.07) is 5.37. The van der Waals surface area contributed by atoms with E-state index in [2.05, 4.69) is 19.9 Å². The number of pyridine rings is 1. The summed E-state index contributed by atoms with van der Waals surface area (Å²) in [6.07, 6.45) is 1.91. The van der Waals surface area contributed by atoms with Crippen LogP contribution in [-0.2, 0) is 11.2 Å². The van der Waals surface area contributed by atoms with Gasteiger partial charge < -0.3 is 5.11 Å². The average molecular weight is 219 g/mol. The molecule has 0 bridgehead atoms. The Morgan fingerprint density at radius 2 is 2.25 bits per heavy atom. The topological polar surface area (TPSA) is 89.1 Å². The zero-order valence-corrected chi connectivity index (χ0v) is 8.33. The second-order valence-corrected chi connectivity index (χ2v) is 3.17. The zero-order chi connectivity index (χ0) is 11.4. The van der Waals surface area contributed by atoms with Crippen LogP contribution in [-0.4, -0.2) is 26.4 Å². The zero-order valence-electron chi connectivity index (χ0n) is 8.33. The third kappa shape index (κ3) is 2.22. The Balaban J connectivity index is 2.23. The first-order valence-electron chi connectivity index (χ1n) is 4.72. The van der Waals surface area contributed by atoms with Crippen molar-refractivity contribution in [3.63, 3.8) is 0 Å². The molecular formula is C10H9N3O3. The van der Waals surface area contributed by atoms with Gasteiger partial charge in [0.25, 0.3) is 0 Å². The fourth-order valence-electron chi connectivity index (χ4n) is 1.29. The second-order valence-electron chi connectivity index (χ2n) is 3.17. The van der Waals surface area contributed by atoms with E-state index in [0.717, 1.165) is 0 Å². The molecule has 6 nitrogen and oxygen atoms in total. The van der Waals surface area contributed by atoms with Crippen molar-refractivity contribution in [2.75, 3.05) is 0 Å². The molecule has 2 aromatic heterocycles. The summed E-state index contributed by atoms with van der Waals surface area (Å²) in [6.45, 7) is 0. The number of carboxylic acids is 1. The minimum absolute atomic E-state index is 0.00591. The van der Waals surface area contributed by atoms with Crippen LogP contribution in [0.25, 0.3) is 11.4 Å². The van der Waals surface area contributed by atoms with Gasteiger partial charge in [0.2, 0.25) is 0 Å². The maximum Gasteiger partial charge on any atom is 0.303 e. The van der Waals surface area contributed by atoms with Gasteiger partial charge in [-0.1, -0.05) is 11.2 Å². The van der Waals surface area contributed by atoms with Crippen molar-refractivity contribution in [2.45, 2.75) is 12.8 Å². The smallest absolute Gasteiger partial charge is 0.303 e. The predicted molar refractivity (Wildman–Crippen MR) is 53.5 cm³/mol. The lowest BCUT2D eigenvalue weighted by Gasteiger charge is -1.96. The molecule has 0 saturated heterocycles. The standard InChI is InChI=1S/C10H9N3O3/c14-9(15)5-4-8-10(13-16-12-8)7-3-1-2-6-11-7/h1-3,6H,4-5H2,(H,14,15). The van der Waals surface area contributed by atoms with Gasteiger partial charge in [0.05, 0.1) is 12.1 Å². The van der Waals surface area contributed by atoms with Gasteiger partial charge in [-0.15, -0.1) is 0 Å². The lowest BCUT2D eigenvalue weighted by molar-refractivity contribution is -0.136. The van der Waals surface area contributed by atoms with Crippen LogP contribution in [0.4, 0.5) is 0 Å². The van der Waals surface area contributed by atoms with Gasteiger partial charge in [-0.3, -0.25) is 9.78 Å². The van der Waals surface area contributed by atoms with E-state index in [0.29, 0.717) is 17.1 Å². The summed E-state index contributed by atoms with van der Waals surface area (Å²) in [5.41, 5.74) is 1.65. The van der Waals surface area contributed by atoms with Crippen LogP contribution in [0.15, 0.2) is 29.0 Å². The van der Waals surface area contributed by atoms with Crippen molar-refractivity contribution in [3.8, 4) is 11.4 Å². The van der Waals surface area contributed by atoms with E-state index >= 15 is 0 Å². The molecule has 2 rings (SSSR count). The highest BCUT2D eigenvalue weighted by atomic mass is 16.6. The van der Waals surface area contributed by atoms with E-state index in [9.17, 15) is 4.79 Å². The van der Waals surface area contributed by atoms with Crippen LogP contribution in [0.1, 0.15) is 12.1 Å². The molecule has 2 heterocycles. The maximum atomic E-state index is 10.4. The summed E-state index contributed by atoms with van der Waals surface area (Å²) < 4.78 is 4.60. The molecule has 0 unspecified atom stereocenters. The molecule has 0 aliphatic rings. The first-order valence-corrected chi connectivity index (χ1v) is 4.72. The molecule has 0 spiro atoms. The average Bonchev–Trinajstić information content (AvgIpc) is 2.75. The molecule has 6 heteroatoms. The molecule has 0 aliphatic heterocycles. The Kier molecular flexibility index (Phi) is 2.90. The molecule has 82 valence electrons. The largest absolute Gasteiger partial charge is 0.481 e. The van der Waals surface area contributed by atoms with Gasteiger partial charge in [-0.05, 0) is 17.3 Å². The molecule has 1 N–H and O–H groups in total.